The van der Waals surface area contributed by atoms with Crippen LogP contribution in [0.15, 0.2) is 21.6 Å². The highest BCUT2D eigenvalue weighted by Gasteiger charge is 2.26. The van der Waals surface area contributed by atoms with Crippen LogP contribution in [0.4, 0.5) is 0 Å². The lowest BCUT2D eigenvalue weighted by Gasteiger charge is -2.25. The molecule has 2 N–H and O–H groups in total. The van der Waals surface area contributed by atoms with Crippen LogP contribution in [0.3, 0.4) is 0 Å². The van der Waals surface area contributed by atoms with Gasteiger partial charge in [-0.1, -0.05) is 13.3 Å². The zero-order chi connectivity index (χ0) is 13.0. The smallest absolute Gasteiger partial charge is 0.274 e. The third-order valence-corrected chi connectivity index (χ3v) is 4.45. The summed E-state index contributed by atoms with van der Waals surface area (Å²) in [6.07, 6.45) is 3.97. The van der Waals surface area contributed by atoms with E-state index in [1.165, 1.54) is 6.07 Å². The summed E-state index contributed by atoms with van der Waals surface area (Å²) < 4.78 is 31.9. The van der Waals surface area contributed by atoms with Crippen molar-refractivity contribution in [1.82, 2.24) is 10.0 Å². The van der Waals surface area contributed by atoms with E-state index in [2.05, 4.69) is 17.0 Å². The molecule has 2 rings (SSSR count). The van der Waals surface area contributed by atoms with E-state index in [1.807, 2.05) is 0 Å². The molecule has 1 saturated carbocycles. The molecular weight excluding hydrogens is 252 g/mol. The first-order chi connectivity index (χ1) is 8.62. The van der Waals surface area contributed by atoms with Crippen LogP contribution in [-0.2, 0) is 16.6 Å². The second-order valence-corrected chi connectivity index (χ2v) is 6.29. The van der Waals surface area contributed by atoms with Crippen molar-refractivity contribution in [2.75, 3.05) is 6.54 Å². The third-order valence-electron chi connectivity index (χ3n) is 3.05. The standard InChI is InChI=1S/C12H20N2O3S/c1-2-8-13-9-11-6-7-12(17-11)18(15,16)14-10-4-3-5-10/h6-7,10,13-14H,2-5,8-9H2,1H3. The fourth-order valence-corrected chi connectivity index (χ4v) is 3.04. The molecule has 0 amide bonds. The maximum atomic E-state index is 12.0. The first-order valence-corrected chi connectivity index (χ1v) is 7.92. The fraction of sp³-hybridized carbons (Fsp3) is 0.667. The molecule has 0 aliphatic heterocycles. The minimum Gasteiger partial charge on any atom is -0.447 e. The predicted octanol–water partition coefficient (Wildman–Crippen LogP) is 1.61. The van der Waals surface area contributed by atoms with E-state index in [1.54, 1.807) is 6.07 Å². The van der Waals surface area contributed by atoms with E-state index >= 15 is 0 Å². The largest absolute Gasteiger partial charge is 0.447 e. The molecule has 0 radical (unpaired) electrons. The monoisotopic (exact) mass is 272 g/mol. The lowest BCUT2D eigenvalue weighted by Crippen LogP contribution is -2.39. The van der Waals surface area contributed by atoms with E-state index in [4.69, 9.17) is 4.42 Å². The van der Waals surface area contributed by atoms with Gasteiger partial charge in [-0.05, 0) is 37.9 Å². The lowest BCUT2D eigenvalue weighted by molar-refractivity contribution is 0.367. The van der Waals surface area contributed by atoms with Crippen LogP contribution in [0.2, 0.25) is 0 Å². The van der Waals surface area contributed by atoms with E-state index in [0.717, 1.165) is 32.2 Å². The molecule has 0 saturated heterocycles. The Morgan fingerprint density at radius 3 is 2.78 bits per heavy atom. The van der Waals surface area contributed by atoms with Gasteiger partial charge in [0.15, 0.2) is 0 Å². The van der Waals surface area contributed by atoms with Crippen molar-refractivity contribution in [3.05, 3.63) is 17.9 Å². The molecule has 1 aliphatic rings. The predicted molar refractivity (Wildman–Crippen MR) is 68.7 cm³/mol. The number of sulfonamides is 1. The molecule has 102 valence electrons. The minimum absolute atomic E-state index is 0.0164. The van der Waals surface area contributed by atoms with Gasteiger partial charge in [0.25, 0.3) is 10.0 Å². The van der Waals surface area contributed by atoms with Crippen LogP contribution < -0.4 is 10.0 Å². The molecule has 0 unspecified atom stereocenters. The number of hydrogen-bond acceptors (Lipinski definition) is 4. The summed E-state index contributed by atoms with van der Waals surface area (Å²) in [6.45, 7) is 3.53. The fourth-order valence-electron chi connectivity index (χ4n) is 1.79. The van der Waals surface area contributed by atoms with Crippen molar-refractivity contribution in [1.29, 1.82) is 0 Å². The van der Waals surface area contributed by atoms with Gasteiger partial charge in [-0.15, -0.1) is 0 Å². The van der Waals surface area contributed by atoms with E-state index in [9.17, 15) is 8.42 Å². The van der Waals surface area contributed by atoms with E-state index in [0.29, 0.717) is 12.3 Å². The lowest BCUT2D eigenvalue weighted by atomic mass is 9.94. The van der Waals surface area contributed by atoms with Crippen molar-refractivity contribution in [2.24, 2.45) is 0 Å². The highest BCUT2D eigenvalue weighted by Crippen LogP contribution is 2.22. The minimum atomic E-state index is -3.47. The summed E-state index contributed by atoms with van der Waals surface area (Å²) >= 11 is 0. The normalized spacial score (nSPS) is 16.7. The Kier molecular flexibility index (Phi) is 4.42. The zero-order valence-corrected chi connectivity index (χ0v) is 11.4. The first kappa shape index (κ1) is 13.6. The highest BCUT2D eigenvalue weighted by atomic mass is 32.2. The van der Waals surface area contributed by atoms with Crippen LogP contribution in [0.1, 0.15) is 38.4 Å². The number of rotatable bonds is 7. The van der Waals surface area contributed by atoms with Gasteiger partial charge in [-0.25, -0.2) is 13.1 Å². The summed E-state index contributed by atoms with van der Waals surface area (Å²) in [5.41, 5.74) is 0. The molecule has 1 aliphatic carbocycles. The van der Waals surface area contributed by atoms with Gasteiger partial charge in [-0.3, -0.25) is 0 Å². The van der Waals surface area contributed by atoms with Crippen molar-refractivity contribution in [3.63, 3.8) is 0 Å². The Labute approximate surface area is 108 Å². The Morgan fingerprint density at radius 2 is 2.17 bits per heavy atom. The summed E-state index contributed by atoms with van der Waals surface area (Å²) in [7, 11) is -3.47. The maximum absolute atomic E-state index is 12.0. The van der Waals surface area contributed by atoms with Crippen LogP contribution in [0.25, 0.3) is 0 Å². The Bertz CT molecular complexity index is 477. The zero-order valence-electron chi connectivity index (χ0n) is 10.6. The summed E-state index contributed by atoms with van der Waals surface area (Å²) in [5.74, 6) is 0.650. The second-order valence-electron chi connectivity index (χ2n) is 4.65. The van der Waals surface area contributed by atoms with Crippen molar-refractivity contribution >= 4 is 10.0 Å². The van der Waals surface area contributed by atoms with Gasteiger partial charge in [0, 0.05) is 6.04 Å². The van der Waals surface area contributed by atoms with E-state index < -0.39 is 10.0 Å². The number of hydrogen-bond donors (Lipinski definition) is 2. The van der Waals surface area contributed by atoms with Crippen LogP contribution in [0, 0.1) is 0 Å². The third kappa shape index (κ3) is 3.34. The van der Waals surface area contributed by atoms with Gasteiger partial charge < -0.3 is 9.73 Å². The second kappa shape index (κ2) is 5.86. The van der Waals surface area contributed by atoms with Gasteiger partial charge >= 0.3 is 0 Å². The highest BCUT2D eigenvalue weighted by molar-refractivity contribution is 7.89. The quantitative estimate of drug-likeness (QED) is 0.740. The van der Waals surface area contributed by atoms with Crippen LogP contribution in [-0.4, -0.2) is 21.0 Å². The molecule has 0 bridgehead atoms. The molecule has 5 nitrogen and oxygen atoms in total. The van der Waals surface area contributed by atoms with Crippen molar-refractivity contribution in [2.45, 2.75) is 50.3 Å². The molecule has 0 aromatic carbocycles. The van der Waals surface area contributed by atoms with Gasteiger partial charge in [0.2, 0.25) is 5.09 Å². The molecule has 6 heteroatoms. The molecule has 0 spiro atoms. The van der Waals surface area contributed by atoms with Gasteiger partial charge in [0.1, 0.15) is 5.76 Å². The average Bonchev–Trinajstić information content (AvgIpc) is 2.74. The molecular formula is C12H20N2O3S. The number of nitrogens with one attached hydrogen (secondary N) is 2. The average molecular weight is 272 g/mol. The first-order valence-electron chi connectivity index (χ1n) is 6.43. The summed E-state index contributed by atoms with van der Waals surface area (Å²) in [4.78, 5) is 0. The van der Waals surface area contributed by atoms with Crippen LogP contribution in [0.5, 0.6) is 0 Å². The molecule has 18 heavy (non-hydrogen) atoms. The van der Waals surface area contributed by atoms with Crippen LogP contribution >= 0.6 is 0 Å². The molecule has 1 aromatic rings. The topological polar surface area (TPSA) is 71.3 Å². The molecule has 1 heterocycles. The molecule has 1 fully saturated rings. The van der Waals surface area contributed by atoms with Gasteiger partial charge in [0.05, 0.1) is 6.54 Å². The van der Waals surface area contributed by atoms with Crippen molar-refractivity contribution < 1.29 is 12.8 Å². The molecule has 1 aromatic heterocycles. The summed E-state index contributed by atoms with van der Waals surface area (Å²) in [5, 5.41) is 3.19. The number of furan rings is 1. The van der Waals surface area contributed by atoms with Crippen molar-refractivity contribution in [3.8, 4) is 0 Å². The SMILES string of the molecule is CCCNCc1ccc(S(=O)(=O)NC2CCC2)o1. The van der Waals surface area contributed by atoms with E-state index in [-0.39, 0.29) is 11.1 Å². The molecule has 0 atom stereocenters. The Hall–Kier alpha value is -0.850. The Morgan fingerprint density at radius 1 is 1.39 bits per heavy atom. The summed E-state index contributed by atoms with van der Waals surface area (Å²) in [6, 6.07) is 3.31. The maximum Gasteiger partial charge on any atom is 0.274 e. The Balaban J connectivity index is 1.95. The van der Waals surface area contributed by atoms with Gasteiger partial charge in [-0.2, -0.15) is 0 Å².